The van der Waals surface area contributed by atoms with E-state index in [2.05, 4.69) is 44.4 Å². The zero-order valence-corrected chi connectivity index (χ0v) is 10.4. The SMILES string of the molecule is C/C=C/C(NC)=C(\C)NC(C)(C)CC. The molecular formula is C12H24N2. The van der Waals surface area contributed by atoms with Gasteiger partial charge in [0, 0.05) is 18.3 Å². The Kier molecular flexibility index (Phi) is 5.36. The van der Waals surface area contributed by atoms with Crippen molar-refractivity contribution in [3.8, 4) is 0 Å². The fraction of sp³-hybridized carbons (Fsp3) is 0.667. The van der Waals surface area contributed by atoms with Crippen molar-refractivity contribution in [3.05, 3.63) is 23.5 Å². The van der Waals surface area contributed by atoms with Crippen molar-refractivity contribution in [2.45, 2.75) is 46.6 Å². The minimum Gasteiger partial charge on any atom is -0.387 e. The van der Waals surface area contributed by atoms with Gasteiger partial charge < -0.3 is 10.6 Å². The largest absolute Gasteiger partial charge is 0.387 e. The molecule has 0 bridgehead atoms. The lowest BCUT2D eigenvalue weighted by atomic mass is 10.0. The zero-order valence-electron chi connectivity index (χ0n) is 10.4. The number of hydrogen-bond donors (Lipinski definition) is 2. The monoisotopic (exact) mass is 196 g/mol. The highest BCUT2D eigenvalue weighted by Crippen LogP contribution is 2.11. The summed E-state index contributed by atoms with van der Waals surface area (Å²) in [5.74, 6) is 0. The molecule has 2 nitrogen and oxygen atoms in total. The molecule has 2 N–H and O–H groups in total. The van der Waals surface area contributed by atoms with Crippen LogP contribution < -0.4 is 10.6 Å². The molecule has 0 unspecified atom stereocenters. The second-order valence-electron chi connectivity index (χ2n) is 4.15. The van der Waals surface area contributed by atoms with Gasteiger partial charge in [-0.3, -0.25) is 0 Å². The average molecular weight is 196 g/mol. The normalized spacial score (nSPS) is 14.1. The van der Waals surface area contributed by atoms with Crippen molar-refractivity contribution in [2.75, 3.05) is 7.05 Å². The van der Waals surface area contributed by atoms with Gasteiger partial charge in [-0.2, -0.15) is 0 Å². The van der Waals surface area contributed by atoms with E-state index < -0.39 is 0 Å². The molecule has 0 fully saturated rings. The lowest BCUT2D eigenvalue weighted by molar-refractivity contribution is 0.412. The van der Waals surface area contributed by atoms with Gasteiger partial charge in [-0.05, 0) is 40.2 Å². The van der Waals surface area contributed by atoms with Gasteiger partial charge in [0.05, 0.1) is 5.70 Å². The van der Waals surface area contributed by atoms with Crippen LogP contribution in [0.2, 0.25) is 0 Å². The van der Waals surface area contributed by atoms with Crippen LogP contribution in [0, 0.1) is 0 Å². The van der Waals surface area contributed by atoms with Gasteiger partial charge in [0.25, 0.3) is 0 Å². The van der Waals surface area contributed by atoms with E-state index in [4.69, 9.17) is 0 Å². The van der Waals surface area contributed by atoms with Crippen molar-refractivity contribution < 1.29 is 0 Å². The molecule has 0 spiro atoms. The second kappa shape index (κ2) is 5.74. The molecule has 0 aliphatic rings. The molecule has 0 aromatic rings. The van der Waals surface area contributed by atoms with Crippen molar-refractivity contribution in [2.24, 2.45) is 0 Å². The minimum absolute atomic E-state index is 0.160. The van der Waals surface area contributed by atoms with Crippen LogP contribution in [0.15, 0.2) is 23.5 Å². The Morgan fingerprint density at radius 2 is 1.93 bits per heavy atom. The quantitative estimate of drug-likeness (QED) is 0.661. The number of rotatable bonds is 5. The Hall–Kier alpha value is -0.920. The smallest absolute Gasteiger partial charge is 0.0524 e. The summed E-state index contributed by atoms with van der Waals surface area (Å²) in [7, 11) is 1.94. The van der Waals surface area contributed by atoms with Gasteiger partial charge in [-0.15, -0.1) is 0 Å². The van der Waals surface area contributed by atoms with Crippen LogP contribution in [-0.4, -0.2) is 12.6 Å². The Labute approximate surface area is 88.5 Å². The molecule has 0 radical (unpaired) electrons. The highest BCUT2D eigenvalue weighted by atomic mass is 15.0. The molecule has 82 valence electrons. The zero-order chi connectivity index (χ0) is 11.2. The molecule has 0 aromatic heterocycles. The van der Waals surface area contributed by atoms with Gasteiger partial charge in [-0.25, -0.2) is 0 Å². The lowest BCUT2D eigenvalue weighted by Crippen LogP contribution is -2.38. The van der Waals surface area contributed by atoms with Crippen LogP contribution in [0.4, 0.5) is 0 Å². The van der Waals surface area contributed by atoms with E-state index in [0.717, 1.165) is 12.1 Å². The first-order chi connectivity index (χ1) is 6.46. The Morgan fingerprint density at radius 3 is 2.29 bits per heavy atom. The first-order valence-corrected chi connectivity index (χ1v) is 5.26. The summed E-state index contributed by atoms with van der Waals surface area (Å²) in [6.07, 6.45) is 5.22. The maximum absolute atomic E-state index is 3.51. The molecule has 0 aromatic carbocycles. The van der Waals surface area contributed by atoms with Gasteiger partial charge >= 0.3 is 0 Å². The topological polar surface area (TPSA) is 24.1 Å². The first kappa shape index (κ1) is 13.1. The standard InChI is InChI=1S/C12H24N2/c1-7-9-11(13-6)10(3)14-12(4,5)8-2/h7,9,13-14H,8H2,1-6H3/b9-7+,11-10-. The van der Waals surface area contributed by atoms with Crippen LogP contribution in [-0.2, 0) is 0 Å². The minimum atomic E-state index is 0.160. The van der Waals surface area contributed by atoms with Gasteiger partial charge in [0.2, 0.25) is 0 Å². The summed E-state index contributed by atoms with van der Waals surface area (Å²) >= 11 is 0. The van der Waals surface area contributed by atoms with Crippen LogP contribution in [0.5, 0.6) is 0 Å². The molecule has 0 rings (SSSR count). The van der Waals surface area contributed by atoms with E-state index in [0.29, 0.717) is 0 Å². The van der Waals surface area contributed by atoms with Crippen molar-refractivity contribution in [1.82, 2.24) is 10.6 Å². The Balaban J connectivity index is 4.63. The van der Waals surface area contributed by atoms with E-state index in [1.165, 1.54) is 5.70 Å². The molecule has 2 heteroatoms. The summed E-state index contributed by atoms with van der Waals surface area (Å²) in [6, 6.07) is 0. The van der Waals surface area contributed by atoms with Crippen LogP contribution in [0.1, 0.15) is 41.0 Å². The van der Waals surface area contributed by atoms with Crippen LogP contribution in [0.3, 0.4) is 0 Å². The van der Waals surface area contributed by atoms with Crippen molar-refractivity contribution >= 4 is 0 Å². The maximum atomic E-state index is 3.51. The van der Waals surface area contributed by atoms with E-state index >= 15 is 0 Å². The molecule has 14 heavy (non-hydrogen) atoms. The number of hydrogen-bond acceptors (Lipinski definition) is 2. The van der Waals surface area contributed by atoms with Crippen molar-refractivity contribution in [3.63, 3.8) is 0 Å². The summed E-state index contributed by atoms with van der Waals surface area (Å²) in [6.45, 7) is 10.7. The third-order valence-electron chi connectivity index (χ3n) is 2.42. The predicted octanol–water partition coefficient (Wildman–Crippen LogP) is 2.79. The summed E-state index contributed by atoms with van der Waals surface area (Å²) in [4.78, 5) is 0. The Morgan fingerprint density at radius 1 is 1.36 bits per heavy atom. The first-order valence-electron chi connectivity index (χ1n) is 5.26. The number of allylic oxidation sites excluding steroid dienone is 3. The summed E-state index contributed by atoms with van der Waals surface area (Å²) in [5.41, 5.74) is 2.50. The third kappa shape index (κ3) is 4.35. The fourth-order valence-corrected chi connectivity index (χ4v) is 1.23. The molecule has 0 saturated carbocycles. The molecule has 0 aliphatic heterocycles. The number of nitrogens with one attached hydrogen (secondary N) is 2. The summed E-state index contributed by atoms with van der Waals surface area (Å²) in [5, 5.41) is 6.69. The maximum Gasteiger partial charge on any atom is 0.0524 e. The van der Waals surface area contributed by atoms with Gasteiger partial charge in [0.1, 0.15) is 0 Å². The molecule has 0 heterocycles. The summed E-state index contributed by atoms with van der Waals surface area (Å²) < 4.78 is 0. The van der Waals surface area contributed by atoms with Crippen molar-refractivity contribution in [1.29, 1.82) is 0 Å². The molecule has 0 amide bonds. The lowest BCUT2D eigenvalue weighted by Gasteiger charge is -2.27. The molecule has 0 aliphatic carbocycles. The predicted molar refractivity (Wildman–Crippen MR) is 64.1 cm³/mol. The van der Waals surface area contributed by atoms with E-state index in [-0.39, 0.29) is 5.54 Å². The second-order valence-corrected chi connectivity index (χ2v) is 4.15. The highest BCUT2D eigenvalue weighted by Gasteiger charge is 2.14. The molecule has 0 saturated heterocycles. The molecular weight excluding hydrogens is 172 g/mol. The fourth-order valence-electron chi connectivity index (χ4n) is 1.23. The third-order valence-corrected chi connectivity index (χ3v) is 2.42. The molecule has 0 atom stereocenters. The Bertz CT molecular complexity index is 224. The van der Waals surface area contributed by atoms with Crippen LogP contribution in [0.25, 0.3) is 0 Å². The van der Waals surface area contributed by atoms with Gasteiger partial charge in [0.15, 0.2) is 0 Å². The van der Waals surface area contributed by atoms with E-state index in [1.807, 2.05) is 20.0 Å². The van der Waals surface area contributed by atoms with E-state index in [9.17, 15) is 0 Å². The number of likely N-dealkylation sites (N-methyl/N-ethyl adjacent to an activating group) is 1. The van der Waals surface area contributed by atoms with Gasteiger partial charge in [-0.1, -0.05) is 13.0 Å². The average Bonchev–Trinajstić information content (AvgIpc) is 2.13. The highest BCUT2D eigenvalue weighted by molar-refractivity contribution is 5.22. The van der Waals surface area contributed by atoms with Crippen LogP contribution >= 0.6 is 0 Å². The van der Waals surface area contributed by atoms with E-state index in [1.54, 1.807) is 0 Å².